The summed E-state index contributed by atoms with van der Waals surface area (Å²) in [6.45, 7) is 1.61. The number of hydrogen-bond acceptors (Lipinski definition) is 4. The number of nitrogens with zero attached hydrogens (tertiary/aromatic N) is 2. The standard InChI is InChI=1S/C23H19FN2O4/c1-13-22(28)25(23(29)26(13)18-7-5-17(24)6-8-18)12-16-11-21(27)30-20-10-15-4-2-3-14(15)9-19(16)20/h5-11,13H,2-4,12H2,1H3. The fourth-order valence-electron chi connectivity index (χ4n) is 4.40. The van der Waals surface area contributed by atoms with Crippen molar-refractivity contribution < 1.29 is 18.4 Å². The third kappa shape index (κ3) is 2.89. The van der Waals surface area contributed by atoms with Gasteiger partial charge >= 0.3 is 11.7 Å². The Kier molecular flexibility index (Phi) is 4.20. The average Bonchev–Trinajstić information content (AvgIpc) is 3.25. The molecule has 1 unspecified atom stereocenters. The van der Waals surface area contributed by atoms with Gasteiger partial charge in [-0.05, 0) is 79.3 Å². The van der Waals surface area contributed by atoms with E-state index in [2.05, 4.69) is 0 Å². The van der Waals surface area contributed by atoms with Crippen molar-refractivity contribution >= 4 is 28.6 Å². The largest absolute Gasteiger partial charge is 0.423 e. The van der Waals surface area contributed by atoms with Gasteiger partial charge in [0.2, 0.25) is 0 Å². The molecule has 2 aliphatic rings. The summed E-state index contributed by atoms with van der Waals surface area (Å²) in [4.78, 5) is 40.5. The Morgan fingerprint density at radius 3 is 2.47 bits per heavy atom. The molecule has 1 saturated heterocycles. The summed E-state index contributed by atoms with van der Waals surface area (Å²) in [7, 11) is 0. The number of aryl methyl sites for hydroxylation is 2. The predicted molar refractivity (Wildman–Crippen MR) is 109 cm³/mol. The molecule has 152 valence electrons. The van der Waals surface area contributed by atoms with Gasteiger partial charge in [0, 0.05) is 17.1 Å². The van der Waals surface area contributed by atoms with Crippen molar-refractivity contribution in [2.45, 2.75) is 38.8 Å². The molecule has 3 amide bonds. The lowest BCUT2D eigenvalue weighted by molar-refractivity contribution is -0.127. The highest BCUT2D eigenvalue weighted by Gasteiger charge is 2.43. The van der Waals surface area contributed by atoms with Gasteiger partial charge in [0.25, 0.3) is 5.91 Å². The van der Waals surface area contributed by atoms with Crippen LogP contribution in [-0.2, 0) is 24.2 Å². The molecule has 6 nitrogen and oxygen atoms in total. The SMILES string of the molecule is CC1C(=O)N(Cc2cc(=O)oc3cc4c(cc23)CCC4)C(=O)N1c1ccc(F)cc1. The molecule has 0 bridgehead atoms. The van der Waals surface area contributed by atoms with Gasteiger partial charge in [0.15, 0.2) is 0 Å². The van der Waals surface area contributed by atoms with Crippen LogP contribution in [0.5, 0.6) is 0 Å². The number of hydrogen-bond donors (Lipinski definition) is 0. The number of anilines is 1. The number of benzene rings is 2. The Morgan fingerprint density at radius 1 is 1.03 bits per heavy atom. The number of halogens is 1. The fourth-order valence-corrected chi connectivity index (χ4v) is 4.40. The van der Waals surface area contributed by atoms with E-state index in [9.17, 15) is 18.8 Å². The van der Waals surface area contributed by atoms with Gasteiger partial charge in [-0.3, -0.25) is 14.6 Å². The van der Waals surface area contributed by atoms with Gasteiger partial charge in [-0.1, -0.05) is 0 Å². The summed E-state index contributed by atoms with van der Waals surface area (Å²) in [6, 6.07) is 9.45. The number of urea groups is 1. The molecule has 0 spiro atoms. The molecule has 3 aromatic rings. The number of fused-ring (bicyclic) bond motifs is 2. The molecule has 2 heterocycles. The normalized spacial score (nSPS) is 18.5. The quantitative estimate of drug-likeness (QED) is 0.490. The van der Waals surface area contributed by atoms with Gasteiger partial charge in [0.05, 0.1) is 6.54 Å². The van der Waals surface area contributed by atoms with E-state index in [1.54, 1.807) is 6.92 Å². The lowest BCUT2D eigenvalue weighted by Gasteiger charge is -2.19. The number of imide groups is 1. The lowest BCUT2D eigenvalue weighted by Crippen LogP contribution is -2.33. The summed E-state index contributed by atoms with van der Waals surface area (Å²) in [5, 5.41) is 0.740. The first-order chi connectivity index (χ1) is 14.4. The second kappa shape index (κ2) is 6.79. The van der Waals surface area contributed by atoms with Crippen molar-refractivity contribution in [3.63, 3.8) is 0 Å². The zero-order valence-electron chi connectivity index (χ0n) is 16.4. The molecule has 0 radical (unpaired) electrons. The zero-order chi connectivity index (χ0) is 21.0. The molecule has 30 heavy (non-hydrogen) atoms. The van der Waals surface area contributed by atoms with Crippen LogP contribution >= 0.6 is 0 Å². The third-order valence-corrected chi connectivity index (χ3v) is 5.92. The molecule has 0 saturated carbocycles. The monoisotopic (exact) mass is 406 g/mol. The van der Waals surface area contributed by atoms with E-state index >= 15 is 0 Å². The molecule has 1 aliphatic heterocycles. The van der Waals surface area contributed by atoms with Gasteiger partial charge in [-0.2, -0.15) is 0 Å². The Labute approximate surface area is 171 Å². The Hall–Kier alpha value is -3.48. The topological polar surface area (TPSA) is 70.8 Å². The van der Waals surface area contributed by atoms with Crippen molar-refractivity contribution in [2.75, 3.05) is 4.90 Å². The first kappa shape index (κ1) is 18.5. The van der Waals surface area contributed by atoms with Crippen molar-refractivity contribution in [1.82, 2.24) is 4.90 Å². The molecule has 1 atom stereocenters. The van der Waals surface area contributed by atoms with Gasteiger partial charge in [-0.15, -0.1) is 0 Å². The Bertz CT molecular complexity index is 1250. The van der Waals surface area contributed by atoms with Crippen LogP contribution in [0.1, 0.15) is 30.0 Å². The molecule has 1 aromatic heterocycles. The lowest BCUT2D eigenvalue weighted by atomic mass is 10.0. The minimum atomic E-state index is -0.724. The molecule has 0 N–H and O–H groups in total. The summed E-state index contributed by atoms with van der Waals surface area (Å²) < 4.78 is 18.6. The van der Waals surface area contributed by atoms with Crippen molar-refractivity contribution in [1.29, 1.82) is 0 Å². The zero-order valence-corrected chi connectivity index (χ0v) is 16.4. The number of amides is 3. The van der Waals surface area contributed by atoms with Crippen LogP contribution in [0, 0.1) is 5.82 Å². The van der Waals surface area contributed by atoms with Crippen LogP contribution in [0.2, 0.25) is 0 Å². The van der Waals surface area contributed by atoms with E-state index in [0.29, 0.717) is 16.8 Å². The minimum absolute atomic E-state index is 0.0272. The summed E-state index contributed by atoms with van der Waals surface area (Å²) in [5.41, 5.74) is 3.36. The van der Waals surface area contributed by atoms with Crippen molar-refractivity contribution in [3.05, 3.63) is 75.4 Å². The second-order valence-corrected chi connectivity index (χ2v) is 7.79. The number of carbonyl (C=O) groups excluding carboxylic acids is 2. The molecular weight excluding hydrogens is 387 g/mol. The van der Waals surface area contributed by atoms with Gasteiger partial charge < -0.3 is 4.42 Å². The highest BCUT2D eigenvalue weighted by molar-refractivity contribution is 6.14. The van der Waals surface area contributed by atoms with Gasteiger partial charge in [0.1, 0.15) is 17.4 Å². The highest BCUT2D eigenvalue weighted by Crippen LogP contribution is 2.31. The maximum atomic E-state index is 13.3. The van der Waals surface area contributed by atoms with Crippen LogP contribution in [-0.4, -0.2) is 22.9 Å². The Morgan fingerprint density at radius 2 is 1.73 bits per heavy atom. The highest BCUT2D eigenvalue weighted by atomic mass is 19.1. The van der Waals surface area contributed by atoms with Crippen molar-refractivity contribution in [2.24, 2.45) is 0 Å². The van der Waals surface area contributed by atoms with Crippen LogP contribution in [0.3, 0.4) is 0 Å². The maximum Gasteiger partial charge on any atom is 0.336 e. The number of rotatable bonds is 3. The molecule has 1 aliphatic carbocycles. The predicted octanol–water partition coefficient (Wildman–Crippen LogP) is 3.78. The van der Waals surface area contributed by atoms with E-state index in [1.807, 2.05) is 12.1 Å². The molecule has 2 aromatic carbocycles. The van der Waals surface area contributed by atoms with E-state index in [0.717, 1.165) is 29.5 Å². The van der Waals surface area contributed by atoms with E-state index in [-0.39, 0.29) is 12.5 Å². The Balaban J connectivity index is 1.53. The van der Waals surface area contributed by atoms with Crippen LogP contribution in [0.15, 0.2) is 51.7 Å². The minimum Gasteiger partial charge on any atom is -0.423 e. The molecular formula is C23H19FN2O4. The average molecular weight is 406 g/mol. The first-order valence-corrected chi connectivity index (χ1v) is 9.91. The third-order valence-electron chi connectivity index (χ3n) is 5.92. The van der Waals surface area contributed by atoms with E-state index in [4.69, 9.17) is 4.42 Å². The van der Waals surface area contributed by atoms with Crippen LogP contribution in [0.4, 0.5) is 14.9 Å². The maximum absolute atomic E-state index is 13.3. The van der Waals surface area contributed by atoms with Crippen LogP contribution < -0.4 is 10.5 Å². The van der Waals surface area contributed by atoms with E-state index in [1.165, 1.54) is 46.4 Å². The number of carbonyl (C=O) groups is 2. The molecule has 5 rings (SSSR count). The molecule has 1 fully saturated rings. The van der Waals surface area contributed by atoms with Crippen molar-refractivity contribution in [3.8, 4) is 0 Å². The summed E-state index contributed by atoms with van der Waals surface area (Å²) in [5.74, 6) is -0.789. The smallest absolute Gasteiger partial charge is 0.336 e. The van der Waals surface area contributed by atoms with Crippen LogP contribution in [0.25, 0.3) is 11.0 Å². The van der Waals surface area contributed by atoms with E-state index < -0.39 is 23.5 Å². The second-order valence-electron chi connectivity index (χ2n) is 7.79. The van der Waals surface area contributed by atoms with Gasteiger partial charge in [-0.25, -0.2) is 14.0 Å². The summed E-state index contributed by atoms with van der Waals surface area (Å²) in [6.07, 6.45) is 2.96. The molecule has 7 heteroatoms. The first-order valence-electron chi connectivity index (χ1n) is 9.91. The summed E-state index contributed by atoms with van der Waals surface area (Å²) >= 11 is 0. The fraction of sp³-hybridized carbons (Fsp3) is 0.261.